The Hall–Kier alpha value is -1.48. The summed E-state index contributed by atoms with van der Waals surface area (Å²) in [5.74, 6) is 0.467. The minimum atomic E-state index is -1.29. The normalized spacial score (nSPS) is 27.3. The Morgan fingerprint density at radius 1 is 1.30 bits per heavy atom. The van der Waals surface area contributed by atoms with Crippen LogP contribution in [0.1, 0.15) is 38.8 Å². The molecule has 1 fully saturated rings. The lowest BCUT2D eigenvalue weighted by Crippen LogP contribution is -2.36. The number of aromatic nitrogens is 2. The number of hydrogen-bond acceptors (Lipinski definition) is 7. The third-order valence-electron chi connectivity index (χ3n) is 3.96. The molecule has 0 aromatic carbocycles. The Labute approximate surface area is 134 Å². The summed E-state index contributed by atoms with van der Waals surface area (Å²) in [6.45, 7) is 2.45. The number of rotatable bonds is 8. The van der Waals surface area contributed by atoms with E-state index in [-0.39, 0.29) is 0 Å². The van der Waals surface area contributed by atoms with Crippen molar-refractivity contribution in [3.63, 3.8) is 0 Å². The lowest BCUT2D eigenvalue weighted by atomic mass is 10.1. The zero-order valence-electron chi connectivity index (χ0n) is 13.3. The fourth-order valence-electron chi connectivity index (χ4n) is 2.58. The van der Waals surface area contributed by atoms with Crippen molar-refractivity contribution in [1.82, 2.24) is 9.55 Å². The van der Waals surface area contributed by atoms with Gasteiger partial charge in [-0.3, -0.25) is 4.57 Å². The van der Waals surface area contributed by atoms with Gasteiger partial charge in [0.05, 0.1) is 6.61 Å². The molecule has 0 radical (unpaired) electrons. The Kier molecular flexibility index (Phi) is 6.52. The van der Waals surface area contributed by atoms with E-state index in [0.717, 1.165) is 24.0 Å². The zero-order valence-corrected chi connectivity index (χ0v) is 13.3. The molecule has 0 spiro atoms. The molecule has 1 aliphatic rings. The third-order valence-corrected chi connectivity index (χ3v) is 3.96. The first-order valence-corrected chi connectivity index (χ1v) is 8.04. The molecule has 1 aromatic rings. The van der Waals surface area contributed by atoms with Gasteiger partial charge in [0.25, 0.3) is 0 Å². The van der Waals surface area contributed by atoms with Crippen LogP contribution < -0.4 is 11.0 Å². The predicted octanol–water partition coefficient (Wildman–Crippen LogP) is -0.153. The summed E-state index contributed by atoms with van der Waals surface area (Å²) in [5, 5.41) is 31.8. The summed E-state index contributed by atoms with van der Waals surface area (Å²) in [5.41, 5.74) is -0.585. The van der Waals surface area contributed by atoms with Gasteiger partial charge in [0.15, 0.2) is 6.23 Å². The van der Waals surface area contributed by atoms with Crippen molar-refractivity contribution in [1.29, 1.82) is 0 Å². The van der Waals surface area contributed by atoms with Crippen molar-refractivity contribution in [2.75, 3.05) is 18.5 Å². The molecule has 130 valence electrons. The van der Waals surface area contributed by atoms with E-state index >= 15 is 0 Å². The van der Waals surface area contributed by atoms with Crippen LogP contribution in [0.15, 0.2) is 17.1 Å². The number of hydrogen-bond donors (Lipinski definition) is 4. The molecule has 0 amide bonds. The number of aliphatic hydroxyl groups excluding tert-OH is 3. The lowest BCUT2D eigenvalue weighted by Gasteiger charge is -2.17. The molecule has 0 saturated carbocycles. The first kappa shape index (κ1) is 17.9. The second-order valence-electron chi connectivity index (χ2n) is 5.72. The van der Waals surface area contributed by atoms with Gasteiger partial charge >= 0.3 is 5.69 Å². The van der Waals surface area contributed by atoms with Crippen molar-refractivity contribution < 1.29 is 20.1 Å². The Balaban J connectivity index is 1.98. The lowest BCUT2D eigenvalue weighted by molar-refractivity contribution is -0.0549. The topological polar surface area (TPSA) is 117 Å². The highest BCUT2D eigenvalue weighted by molar-refractivity contribution is 5.31. The molecule has 2 rings (SSSR count). The summed E-state index contributed by atoms with van der Waals surface area (Å²) in [6.07, 6.45) is 1.44. The van der Waals surface area contributed by atoms with Gasteiger partial charge in [-0.25, -0.2) is 4.79 Å². The maximum absolute atomic E-state index is 12.1. The molecule has 23 heavy (non-hydrogen) atoms. The van der Waals surface area contributed by atoms with Gasteiger partial charge in [-0.2, -0.15) is 4.98 Å². The maximum Gasteiger partial charge on any atom is 0.351 e. The van der Waals surface area contributed by atoms with Crippen molar-refractivity contribution >= 4 is 5.82 Å². The van der Waals surface area contributed by atoms with Crippen molar-refractivity contribution in [3.05, 3.63) is 22.7 Å². The molecule has 8 nitrogen and oxygen atoms in total. The van der Waals surface area contributed by atoms with Gasteiger partial charge in [0.2, 0.25) is 0 Å². The molecule has 0 bridgehead atoms. The molecule has 4 N–H and O–H groups in total. The molecule has 8 heteroatoms. The van der Waals surface area contributed by atoms with Crippen LogP contribution in [-0.4, -0.2) is 56.3 Å². The Morgan fingerprint density at radius 3 is 2.70 bits per heavy atom. The molecular formula is C15H25N3O5. The molecule has 4 atom stereocenters. The van der Waals surface area contributed by atoms with Crippen molar-refractivity contribution in [2.24, 2.45) is 0 Å². The average Bonchev–Trinajstić information content (AvgIpc) is 2.83. The summed E-state index contributed by atoms with van der Waals surface area (Å²) in [6, 6.07) is 1.62. The monoisotopic (exact) mass is 327 g/mol. The van der Waals surface area contributed by atoms with E-state index in [1.807, 2.05) is 0 Å². The van der Waals surface area contributed by atoms with E-state index in [1.54, 1.807) is 6.07 Å². The average molecular weight is 327 g/mol. The predicted molar refractivity (Wildman–Crippen MR) is 84.1 cm³/mol. The number of unbranched alkanes of at least 4 members (excludes halogenated alkanes) is 3. The van der Waals surface area contributed by atoms with Crippen LogP contribution in [0.5, 0.6) is 0 Å². The van der Waals surface area contributed by atoms with Gasteiger partial charge in [-0.1, -0.05) is 26.2 Å². The van der Waals surface area contributed by atoms with E-state index in [2.05, 4.69) is 17.2 Å². The van der Waals surface area contributed by atoms with Gasteiger partial charge in [0, 0.05) is 12.7 Å². The van der Waals surface area contributed by atoms with Gasteiger partial charge in [-0.05, 0) is 12.5 Å². The number of nitrogens with one attached hydrogen (secondary N) is 1. The summed E-state index contributed by atoms with van der Waals surface area (Å²) in [7, 11) is 0. The minimum Gasteiger partial charge on any atom is -0.394 e. The Bertz CT molecular complexity index is 550. The quantitative estimate of drug-likeness (QED) is 0.490. The second kappa shape index (κ2) is 8.39. The molecule has 0 unspecified atom stereocenters. The summed E-state index contributed by atoms with van der Waals surface area (Å²) in [4.78, 5) is 16.0. The van der Waals surface area contributed by atoms with Gasteiger partial charge in [0.1, 0.15) is 24.1 Å². The molecule has 1 saturated heterocycles. The summed E-state index contributed by atoms with van der Waals surface area (Å²) < 4.78 is 6.44. The van der Waals surface area contributed by atoms with Crippen LogP contribution in [-0.2, 0) is 4.74 Å². The fourth-order valence-corrected chi connectivity index (χ4v) is 2.58. The molecular weight excluding hydrogens is 302 g/mol. The van der Waals surface area contributed by atoms with E-state index < -0.39 is 36.8 Å². The smallest absolute Gasteiger partial charge is 0.351 e. The highest BCUT2D eigenvalue weighted by Gasteiger charge is 2.43. The summed E-state index contributed by atoms with van der Waals surface area (Å²) >= 11 is 0. The largest absolute Gasteiger partial charge is 0.394 e. The van der Waals surface area contributed by atoms with Crippen LogP contribution in [0.25, 0.3) is 0 Å². The van der Waals surface area contributed by atoms with E-state index in [1.165, 1.54) is 19.0 Å². The highest BCUT2D eigenvalue weighted by atomic mass is 16.6. The van der Waals surface area contributed by atoms with Crippen LogP contribution >= 0.6 is 0 Å². The SMILES string of the molecule is CCCCCCNc1ccn([C@@H]2O[C@H](CO)[C@@H](O)[C@@H]2O)c(=O)n1. The Morgan fingerprint density at radius 2 is 2.09 bits per heavy atom. The van der Waals surface area contributed by atoms with Crippen molar-refractivity contribution in [2.45, 2.75) is 57.1 Å². The zero-order chi connectivity index (χ0) is 16.8. The number of ether oxygens (including phenoxy) is 1. The van der Waals surface area contributed by atoms with E-state index in [0.29, 0.717) is 5.82 Å². The van der Waals surface area contributed by atoms with E-state index in [9.17, 15) is 15.0 Å². The van der Waals surface area contributed by atoms with Crippen LogP contribution in [0, 0.1) is 0 Å². The van der Waals surface area contributed by atoms with Gasteiger partial charge in [-0.15, -0.1) is 0 Å². The second-order valence-corrected chi connectivity index (χ2v) is 5.72. The number of anilines is 1. The fraction of sp³-hybridized carbons (Fsp3) is 0.733. The van der Waals surface area contributed by atoms with Crippen LogP contribution in [0.2, 0.25) is 0 Å². The van der Waals surface area contributed by atoms with Crippen LogP contribution in [0.4, 0.5) is 5.82 Å². The third kappa shape index (κ3) is 4.29. The minimum absolute atomic E-state index is 0.436. The standard InChI is InChI=1S/C15H25N3O5/c1-2-3-4-5-7-16-11-6-8-18(15(22)17-11)14-13(21)12(20)10(9-19)23-14/h6,8,10,12-14,19-21H,2-5,7,9H2,1H3,(H,16,17,22)/t10-,12-,13+,14-/m1/s1. The van der Waals surface area contributed by atoms with E-state index in [4.69, 9.17) is 9.84 Å². The van der Waals surface area contributed by atoms with Crippen molar-refractivity contribution in [3.8, 4) is 0 Å². The molecule has 0 aliphatic carbocycles. The molecule has 1 aliphatic heterocycles. The molecule has 1 aromatic heterocycles. The first-order valence-electron chi connectivity index (χ1n) is 8.04. The van der Waals surface area contributed by atoms with Crippen LogP contribution in [0.3, 0.4) is 0 Å². The maximum atomic E-state index is 12.1. The number of nitrogens with zero attached hydrogens (tertiary/aromatic N) is 2. The first-order chi connectivity index (χ1) is 11.1. The highest BCUT2D eigenvalue weighted by Crippen LogP contribution is 2.28. The molecule has 2 heterocycles. The van der Waals surface area contributed by atoms with Gasteiger partial charge < -0.3 is 25.4 Å². The number of aliphatic hydroxyl groups is 3.